The molecule has 0 radical (unpaired) electrons. The molecule has 5 heavy (non-hydrogen) atoms. The second-order valence-corrected chi connectivity index (χ2v) is 1.83. The van der Waals surface area contributed by atoms with Crippen molar-refractivity contribution in [2.45, 2.75) is 18.0 Å². The second-order valence-electron chi connectivity index (χ2n) is 1.27. The molecule has 0 N–H and O–H groups in total. The Morgan fingerprint density at radius 2 is 2.00 bits per heavy atom. The van der Waals surface area contributed by atoms with Crippen LogP contribution in [0.5, 0.6) is 0 Å². The minimum absolute atomic E-state index is 0.144. The van der Waals surface area contributed by atoms with Crippen LogP contribution in [-0.4, -0.2) is 11.5 Å². The van der Waals surface area contributed by atoms with Crippen LogP contribution < -0.4 is 0 Å². The van der Waals surface area contributed by atoms with Gasteiger partial charge in [0.2, 0.25) is 0 Å². The molecular formula is C3H4ClF. The third-order valence-corrected chi connectivity index (χ3v) is 1.09. The van der Waals surface area contributed by atoms with Crippen LogP contribution in [-0.2, 0) is 0 Å². The van der Waals surface area contributed by atoms with Crippen LogP contribution in [0.2, 0.25) is 0 Å². The maximum absolute atomic E-state index is 11.4. The summed E-state index contributed by atoms with van der Waals surface area (Å²) in [5.74, 6) is 0. The van der Waals surface area contributed by atoms with Crippen LogP contribution in [0.15, 0.2) is 0 Å². The fourth-order valence-electron chi connectivity index (χ4n) is 0.137. The molecule has 2 atom stereocenters. The molecule has 0 bridgehead atoms. The van der Waals surface area contributed by atoms with Crippen molar-refractivity contribution in [1.29, 1.82) is 0 Å². The Balaban J connectivity index is 2.20. The van der Waals surface area contributed by atoms with E-state index in [2.05, 4.69) is 0 Å². The van der Waals surface area contributed by atoms with Gasteiger partial charge >= 0.3 is 0 Å². The summed E-state index contributed by atoms with van der Waals surface area (Å²) in [6, 6.07) is 0. The molecule has 0 aromatic carbocycles. The normalized spacial score (nSPS) is 49.2. The highest BCUT2D eigenvalue weighted by molar-refractivity contribution is 6.22. The summed E-state index contributed by atoms with van der Waals surface area (Å²) >= 11 is 5.16. The van der Waals surface area contributed by atoms with Crippen molar-refractivity contribution in [3.05, 3.63) is 0 Å². The molecular weight excluding hydrogens is 90.5 g/mol. The average molecular weight is 94.5 g/mol. The van der Waals surface area contributed by atoms with Crippen molar-refractivity contribution in [3.8, 4) is 0 Å². The molecule has 0 aromatic rings. The lowest BCUT2D eigenvalue weighted by atomic mass is 10.9. The molecule has 1 aliphatic carbocycles. The van der Waals surface area contributed by atoms with E-state index in [0.717, 1.165) is 0 Å². The molecule has 0 aliphatic heterocycles. The summed E-state index contributed by atoms with van der Waals surface area (Å²) in [6.07, 6.45) is -0.113. The molecule has 1 fully saturated rings. The SMILES string of the molecule is FC1CC1Cl. The first-order valence-electron chi connectivity index (χ1n) is 1.59. The van der Waals surface area contributed by atoms with E-state index in [9.17, 15) is 4.39 Å². The monoisotopic (exact) mass is 94.0 g/mol. The number of hydrogen-bond donors (Lipinski definition) is 0. The lowest BCUT2D eigenvalue weighted by Crippen LogP contribution is -1.66. The molecule has 0 amide bonds. The largest absolute Gasteiger partial charge is 0.246 e. The van der Waals surface area contributed by atoms with Crippen LogP contribution in [0.3, 0.4) is 0 Å². The molecule has 2 unspecified atom stereocenters. The van der Waals surface area contributed by atoms with Crippen LogP contribution in [0.4, 0.5) is 4.39 Å². The fraction of sp³-hybridized carbons (Fsp3) is 1.00. The van der Waals surface area contributed by atoms with Gasteiger partial charge in [-0.3, -0.25) is 0 Å². The van der Waals surface area contributed by atoms with Gasteiger partial charge in [0.15, 0.2) is 0 Å². The van der Waals surface area contributed by atoms with Gasteiger partial charge in [-0.15, -0.1) is 11.6 Å². The van der Waals surface area contributed by atoms with Crippen LogP contribution in [0, 0.1) is 0 Å². The Bertz CT molecular complexity index is 40.2. The van der Waals surface area contributed by atoms with E-state index in [-0.39, 0.29) is 5.38 Å². The first-order chi connectivity index (χ1) is 2.30. The van der Waals surface area contributed by atoms with E-state index in [0.29, 0.717) is 6.42 Å². The van der Waals surface area contributed by atoms with Gasteiger partial charge in [-0.2, -0.15) is 0 Å². The Hall–Kier alpha value is 0.220. The molecule has 30 valence electrons. The van der Waals surface area contributed by atoms with Crippen molar-refractivity contribution in [2.24, 2.45) is 0 Å². The lowest BCUT2D eigenvalue weighted by Gasteiger charge is -1.61. The van der Waals surface area contributed by atoms with Crippen molar-refractivity contribution in [2.75, 3.05) is 0 Å². The topological polar surface area (TPSA) is 0 Å². The summed E-state index contributed by atoms with van der Waals surface area (Å²) in [7, 11) is 0. The van der Waals surface area contributed by atoms with E-state index in [1.54, 1.807) is 0 Å². The van der Waals surface area contributed by atoms with Crippen LogP contribution in [0.25, 0.3) is 0 Å². The maximum Gasteiger partial charge on any atom is 0.118 e. The Morgan fingerprint density at radius 1 is 1.80 bits per heavy atom. The Morgan fingerprint density at radius 3 is 2.00 bits per heavy atom. The Kier molecular flexibility index (Phi) is 0.573. The van der Waals surface area contributed by atoms with E-state index in [1.807, 2.05) is 0 Å². The molecule has 0 aromatic heterocycles. The molecule has 0 spiro atoms. The summed E-state index contributed by atoms with van der Waals surface area (Å²) < 4.78 is 11.4. The quantitative estimate of drug-likeness (QED) is 0.398. The zero-order chi connectivity index (χ0) is 3.86. The van der Waals surface area contributed by atoms with Gasteiger partial charge in [0, 0.05) is 0 Å². The van der Waals surface area contributed by atoms with Crippen molar-refractivity contribution in [3.63, 3.8) is 0 Å². The summed E-state index contributed by atoms with van der Waals surface area (Å²) in [6.45, 7) is 0. The second kappa shape index (κ2) is 0.839. The standard InChI is InChI=1S/C3H4ClF/c4-2-1-3(2)5/h2-3H,1H2. The fourth-order valence-corrected chi connectivity index (χ4v) is 0.307. The van der Waals surface area contributed by atoms with Gasteiger partial charge in [-0.1, -0.05) is 0 Å². The minimum Gasteiger partial charge on any atom is -0.246 e. The van der Waals surface area contributed by atoms with Crippen LogP contribution in [0.1, 0.15) is 6.42 Å². The number of hydrogen-bond acceptors (Lipinski definition) is 0. The average Bonchev–Trinajstić information content (AvgIpc) is 1.79. The Labute approximate surface area is 34.9 Å². The van der Waals surface area contributed by atoms with E-state index in [4.69, 9.17) is 11.6 Å². The van der Waals surface area contributed by atoms with E-state index >= 15 is 0 Å². The third kappa shape index (κ3) is 0.538. The maximum atomic E-state index is 11.4. The number of halogens is 2. The zero-order valence-electron chi connectivity index (χ0n) is 2.62. The van der Waals surface area contributed by atoms with Gasteiger partial charge in [0.05, 0.1) is 5.38 Å². The first kappa shape index (κ1) is 3.41. The number of rotatable bonds is 0. The highest BCUT2D eigenvalue weighted by Gasteiger charge is 2.34. The van der Waals surface area contributed by atoms with E-state index in [1.165, 1.54) is 0 Å². The zero-order valence-corrected chi connectivity index (χ0v) is 3.37. The minimum atomic E-state index is -0.684. The molecule has 1 aliphatic rings. The smallest absolute Gasteiger partial charge is 0.118 e. The molecule has 2 heteroatoms. The highest BCUT2D eigenvalue weighted by atomic mass is 35.5. The van der Waals surface area contributed by atoms with Gasteiger partial charge in [0.25, 0.3) is 0 Å². The molecule has 0 saturated heterocycles. The molecule has 0 heterocycles. The van der Waals surface area contributed by atoms with Crippen molar-refractivity contribution < 1.29 is 4.39 Å². The summed E-state index contributed by atoms with van der Waals surface area (Å²) in [5, 5.41) is -0.144. The van der Waals surface area contributed by atoms with Crippen molar-refractivity contribution in [1.82, 2.24) is 0 Å². The predicted octanol–water partition coefficient (Wildman–Crippen LogP) is 1.34. The lowest BCUT2D eigenvalue weighted by molar-refractivity contribution is 0.481. The van der Waals surface area contributed by atoms with Gasteiger partial charge in [0.1, 0.15) is 6.17 Å². The molecule has 1 saturated carbocycles. The highest BCUT2D eigenvalue weighted by Crippen LogP contribution is 2.30. The molecule has 0 nitrogen and oxygen atoms in total. The predicted molar refractivity (Wildman–Crippen MR) is 19.2 cm³/mol. The number of alkyl halides is 2. The van der Waals surface area contributed by atoms with Crippen molar-refractivity contribution >= 4 is 11.6 Å². The van der Waals surface area contributed by atoms with E-state index < -0.39 is 6.17 Å². The molecule has 1 rings (SSSR count). The van der Waals surface area contributed by atoms with Crippen LogP contribution >= 0.6 is 11.6 Å². The summed E-state index contributed by atoms with van der Waals surface area (Å²) in [4.78, 5) is 0. The van der Waals surface area contributed by atoms with Gasteiger partial charge < -0.3 is 0 Å². The third-order valence-electron chi connectivity index (χ3n) is 0.640. The summed E-state index contributed by atoms with van der Waals surface area (Å²) in [5.41, 5.74) is 0. The first-order valence-corrected chi connectivity index (χ1v) is 2.02. The van der Waals surface area contributed by atoms with Gasteiger partial charge in [-0.25, -0.2) is 4.39 Å². The van der Waals surface area contributed by atoms with Gasteiger partial charge in [-0.05, 0) is 6.42 Å².